The number of halogens is 1. The number of aryl methyl sites for hydroxylation is 1. The van der Waals surface area contributed by atoms with Crippen molar-refractivity contribution in [2.45, 2.75) is 37.0 Å². The van der Waals surface area contributed by atoms with Crippen LogP contribution in [0.15, 0.2) is 206 Å². The molecule has 1 atom stereocenters. The third kappa shape index (κ3) is 6.75. The molecule has 0 aliphatic rings. The second kappa shape index (κ2) is 16.2. The van der Waals surface area contributed by atoms with Gasteiger partial charge in [-0.15, -0.1) is 0 Å². The summed E-state index contributed by atoms with van der Waals surface area (Å²) >= 11 is 2.54. The Balaban J connectivity index is 0.929. The highest BCUT2D eigenvalue weighted by atomic mass is 127. The maximum absolute atomic E-state index is 2.54. The maximum Gasteiger partial charge on any atom is 0.0541 e. The molecule has 0 spiro atoms. The first-order valence-electron chi connectivity index (χ1n) is 23.0. The minimum absolute atomic E-state index is 0.585. The molecular weight excluding hydrogens is 900 g/mol. The summed E-state index contributed by atoms with van der Waals surface area (Å²) < 4.78 is 5.46. The van der Waals surface area contributed by atoms with E-state index in [2.05, 4.69) is 252 Å². The first-order chi connectivity index (χ1) is 32.0. The molecule has 0 N–H and O–H groups in total. The average molecular weight is 947 g/mol. The van der Waals surface area contributed by atoms with E-state index in [1.165, 1.54) is 115 Å². The van der Waals surface area contributed by atoms with Crippen molar-refractivity contribution in [3.63, 3.8) is 0 Å². The van der Waals surface area contributed by atoms with E-state index in [1.54, 1.807) is 0 Å². The van der Waals surface area contributed by atoms with Gasteiger partial charge < -0.3 is 9.13 Å². The summed E-state index contributed by atoms with van der Waals surface area (Å²) in [5, 5.41) is 10.3. The van der Waals surface area contributed by atoms with Crippen molar-refractivity contribution in [1.82, 2.24) is 9.13 Å². The predicted octanol–water partition coefficient (Wildman–Crippen LogP) is 17.5. The molecule has 0 amide bonds. The largest absolute Gasteiger partial charge is 0.309 e. The van der Waals surface area contributed by atoms with Gasteiger partial charge in [-0.05, 0) is 146 Å². The van der Waals surface area contributed by atoms with Gasteiger partial charge in [-0.3, -0.25) is 0 Å². The highest BCUT2D eigenvalue weighted by Gasteiger charge is 2.19. The number of aromatic nitrogens is 2. The fourth-order valence-corrected chi connectivity index (χ4v) is 11.2. The molecule has 65 heavy (non-hydrogen) atoms. The average Bonchev–Trinajstić information content (AvgIpc) is 3.85. The molecule has 1 unspecified atom stereocenters. The molecule has 12 rings (SSSR count). The molecule has 0 bridgehead atoms. The highest BCUT2D eigenvalue weighted by Crippen LogP contribution is 2.44. The summed E-state index contributed by atoms with van der Waals surface area (Å²) in [6.07, 6.45) is 3.31. The third-order valence-electron chi connectivity index (χ3n) is 13.5. The van der Waals surface area contributed by atoms with Gasteiger partial charge in [0.1, 0.15) is 0 Å². The number of para-hydroxylation sites is 1. The quantitative estimate of drug-likeness (QED) is 0.0775. The smallest absolute Gasteiger partial charge is 0.0541 e. The number of benzene rings is 10. The van der Waals surface area contributed by atoms with Gasteiger partial charge in [0.05, 0.1) is 22.1 Å². The van der Waals surface area contributed by atoms with Gasteiger partial charge in [0, 0.05) is 36.8 Å². The first kappa shape index (κ1) is 39.6. The van der Waals surface area contributed by atoms with Gasteiger partial charge in [-0.2, -0.15) is 0 Å². The zero-order valence-electron chi connectivity index (χ0n) is 36.6. The van der Waals surface area contributed by atoms with Crippen molar-refractivity contribution in [1.29, 1.82) is 0 Å². The van der Waals surface area contributed by atoms with Crippen molar-refractivity contribution in [2.75, 3.05) is 0 Å². The molecule has 0 radical (unpaired) electrons. The van der Waals surface area contributed by atoms with Crippen LogP contribution < -0.4 is 0 Å². The van der Waals surface area contributed by atoms with Crippen LogP contribution in [0.3, 0.4) is 0 Å². The molecule has 312 valence electrons. The van der Waals surface area contributed by atoms with E-state index in [4.69, 9.17) is 0 Å². The van der Waals surface area contributed by atoms with Crippen LogP contribution in [-0.4, -0.2) is 13.1 Å². The van der Waals surface area contributed by atoms with Crippen LogP contribution in [0.4, 0.5) is 0 Å². The molecule has 12 aromatic rings. The second-order valence-corrected chi connectivity index (χ2v) is 19.8. The van der Waals surface area contributed by atoms with Crippen LogP contribution in [0, 0.1) is 0 Å². The fraction of sp³-hybridized carbons (Fsp3) is 0.0968. The van der Waals surface area contributed by atoms with Gasteiger partial charge in [0.25, 0.3) is 0 Å². The van der Waals surface area contributed by atoms with Gasteiger partial charge in [-0.25, -0.2) is 0 Å². The normalized spacial score (nSPS) is 12.4. The fourth-order valence-electron chi connectivity index (χ4n) is 10.7. The third-order valence-corrected chi connectivity index (χ3v) is 13.9. The van der Waals surface area contributed by atoms with Crippen molar-refractivity contribution < 1.29 is 0 Å². The van der Waals surface area contributed by atoms with Crippen LogP contribution in [0.5, 0.6) is 0 Å². The van der Waals surface area contributed by atoms with Crippen molar-refractivity contribution in [2.24, 2.45) is 0 Å². The molecule has 2 aromatic heterocycles. The molecule has 2 nitrogen and oxygen atoms in total. The van der Waals surface area contributed by atoms with Crippen LogP contribution in [0.1, 0.15) is 31.4 Å². The summed E-state index contributed by atoms with van der Waals surface area (Å²) in [6, 6.07) is 77.0. The molecule has 2 heterocycles. The van der Waals surface area contributed by atoms with Crippen LogP contribution in [0.2, 0.25) is 0 Å². The molecule has 0 aliphatic heterocycles. The topological polar surface area (TPSA) is 9.86 Å². The number of fused-ring (bicyclic) bond motifs is 8. The van der Waals surface area contributed by atoms with Gasteiger partial charge >= 0.3 is 0 Å². The monoisotopic (exact) mass is 946 g/mol. The van der Waals surface area contributed by atoms with E-state index in [-0.39, 0.29) is 0 Å². The highest BCUT2D eigenvalue weighted by molar-refractivity contribution is 14.1. The number of alkyl halides is 1. The Morgan fingerprint density at radius 1 is 0.369 bits per heavy atom. The molecule has 3 heteroatoms. The predicted molar refractivity (Wildman–Crippen MR) is 288 cm³/mol. The van der Waals surface area contributed by atoms with Crippen LogP contribution in [0.25, 0.3) is 110 Å². The number of hydrogen-bond donors (Lipinski definition) is 0. The summed E-state index contributed by atoms with van der Waals surface area (Å²) in [7, 11) is 0. The lowest BCUT2D eigenvalue weighted by Crippen LogP contribution is -1.97. The van der Waals surface area contributed by atoms with Crippen molar-refractivity contribution >= 4 is 87.7 Å². The molecule has 0 fully saturated rings. The maximum atomic E-state index is 2.54. The Hall–Kier alpha value is -6.95. The van der Waals surface area contributed by atoms with E-state index in [0.717, 1.165) is 24.9 Å². The molecule has 0 saturated carbocycles. The lowest BCUT2D eigenvalue weighted by Gasteiger charge is -2.18. The van der Waals surface area contributed by atoms with E-state index in [0.29, 0.717) is 3.92 Å². The molecule has 10 aromatic carbocycles. The molecule has 0 saturated heterocycles. The summed E-state index contributed by atoms with van der Waals surface area (Å²) in [6.45, 7) is 4.55. The first-order valence-corrected chi connectivity index (χ1v) is 24.2. The standard InChI is InChI=1S/C62H47IN2/c1-3-13-41-22-33-58-54(37-41)55-38-42(36-40(2)63)23-34-59(55)65(58)47-29-24-43(25-30-47)46-28-35-60-56(39-46)49-16-11-12-21-57(49)64(60)48-31-26-45(27-32-48)62-52-19-9-7-17-50(52)61(44-14-5-4-6-15-44)51-18-8-10-20-53(51)62/h4-12,14-35,37-40H,3,13,36H2,1-2H3. The Bertz CT molecular complexity index is 3700. The van der Waals surface area contributed by atoms with E-state index >= 15 is 0 Å². The Kier molecular flexibility index (Phi) is 9.90. The molecule has 0 aliphatic carbocycles. The van der Waals surface area contributed by atoms with Crippen LogP contribution in [-0.2, 0) is 12.8 Å². The minimum Gasteiger partial charge on any atom is -0.309 e. The van der Waals surface area contributed by atoms with E-state index in [9.17, 15) is 0 Å². The van der Waals surface area contributed by atoms with E-state index in [1.807, 2.05) is 0 Å². The second-order valence-electron chi connectivity index (χ2n) is 17.7. The van der Waals surface area contributed by atoms with Crippen LogP contribution >= 0.6 is 22.6 Å². The zero-order valence-corrected chi connectivity index (χ0v) is 38.8. The summed E-state index contributed by atoms with van der Waals surface area (Å²) in [4.78, 5) is 0. The number of nitrogens with zero attached hydrogens (tertiary/aromatic N) is 2. The number of hydrogen-bond acceptors (Lipinski definition) is 0. The van der Waals surface area contributed by atoms with Gasteiger partial charge in [0.2, 0.25) is 0 Å². The Labute approximate surface area is 393 Å². The van der Waals surface area contributed by atoms with Gasteiger partial charge in [-0.1, -0.05) is 182 Å². The van der Waals surface area contributed by atoms with Crippen molar-refractivity contribution in [3.8, 4) is 44.8 Å². The number of rotatable bonds is 9. The lowest BCUT2D eigenvalue weighted by molar-refractivity contribution is 0.923. The molecular formula is C62H47IN2. The summed E-state index contributed by atoms with van der Waals surface area (Å²) in [5.41, 5.74) is 17.5. The lowest BCUT2D eigenvalue weighted by atomic mass is 9.86. The Morgan fingerprint density at radius 2 is 0.785 bits per heavy atom. The van der Waals surface area contributed by atoms with E-state index < -0.39 is 0 Å². The van der Waals surface area contributed by atoms with Crippen molar-refractivity contribution in [3.05, 3.63) is 217 Å². The summed E-state index contributed by atoms with van der Waals surface area (Å²) in [5.74, 6) is 0. The minimum atomic E-state index is 0.585. The Morgan fingerprint density at radius 3 is 1.34 bits per heavy atom. The van der Waals surface area contributed by atoms with Gasteiger partial charge in [0.15, 0.2) is 0 Å². The SMILES string of the molecule is CCCc1ccc2c(c1)c1cc(CC(C)I)ccc1n2-c1ccc(-c2ccc3c(c2)c2ccccc2n3-c2ccc(-c3c4ccccc4c(-c4ccccc4)c4ccccc34)cc2)cc1. The zero-order chi connectivity index (χ0) is 43.6.